The number of carbonyl (C=O) groups is 5. The van der Waals surface area contributed by atoms with Crippen LogP contribution in [0, 0.1) is 0 Å². The van der Waals surface area contributed by atoms with Crippen molar-refractivity contribution in [1.29, 1.82) is 0 Å². The Morgan fingerprint density at radius 2 is 1.00 bits per heavy atom. The topological polar surface area (TPSA) is 164 Å². The quantitative estimate of drug-likeness (QED) is 0.0504. The van der Waals surface area contributed by atoms with Crippen molar-refractivity contribution in [1.82, 2.24) is 4.90 Å². The molecule has 0 heterocycles. The van der Waals surface area contributed by atoms with Gasteiger partial charge in [-0.2, -0.15) is 0 Å². The predicted octanol–water partition coefficient (Wildman–Crippen LogP) is 4.56. The first-order valence-corrected chi connectivity index (χ1v) is 16.2. The van der Waals surface area contributed by atoms with Gasteiger partial charge in [0.15, 0.2) is 17.4 Å². The van der Waals surface area contributed by atoms with E-state index in [1.54, 1.807) is 7.05 Å². The fourth-order valence-corrected chi connectivity index (χ4v) is 4.28. The van der Waals surface area contributed by atoms with Gasteiger partial charge in [0.2, 0.25) is 5.91 Å². The minimum atomic E-state index is -1.06. The van der Waals surface area contributed by atoms with Crippen LogP contribution in [0.25, 0.3) is 0 Å². The molecule has 1 atom stereocenters. The standard InChI is InChI=1S/C17H31NO5.C15H29NO3.Al.ClH.2Na.5H/c1-2-3-4-5-6-7-8-9-10-11-16(21)23-17(22)14(18)12-13-15(19)20;1-3-4-5-6-7-8-9-10-11-12-14(17)16(2)13-15(18)19;;;;;;;;;/h14H,2-13,18H2,1H3,(H,19,20);3-13H2,1-2H3,(H,18,19);;1H;;;;;;;. The zero-order valence-corrected chi connectivity index (χ0v) is 27.9. The van der Waals surface area contributed by atoms with Gasteiger partial charge in [-0.1, -0.05) is 117 Å². The number of hydrogen-bond acceptors (Lipinski definition) is 7. The summed E-state index contributed by atoms with van der Waals surface area (Å²) < 4.78 is 4.62. The van der Waals surface area contributed by atoms with Crippen molar-refractivity contribution in [2.45, 2.75) is 161 Å². The molecule has 10 nitrogen and oxygen atoms in total. The number of likely N-dealkylation sites (N-methyl/N-ethyl adjacent to an activating group) is 1. The van der Waals surface area contributed by atoms with Gasteiger partial charge in [-0.05, 0) is 19.3 Å². The number of halogens is 1. The van der Waals surface area contributed by atoms with Gasteiger partial charge in [-0.3, -0.25) is 19.2 Å². The van der Waals surface area contributed by atoms with Crippen LogP contribution in [0.1, 0.15) is 155 Å². The van der Waals surface area contributed by atoms with Crippen LogP contribution in [0.5, 0.6) is 0 Å². The van der Waals surface area contributed by atoms with Gasteiger partial charge in [0.05, 0.1) is 0 Å². The van der Waals surface area contributed by atoms with E-state index >= 15 is 0 Å². The number of aliphatic carboxylic acids is 2. The fourth-order valence-electron chi connectivity index (χ4n) is 4.28. The van der Waals surface area contributed by atoms with E-state index in [4.69, 9.17) is 15.9 Å². The molecule has 264 valence electrons. The van der Waals surface area contributed by atoms with Crippen LogP contribution >= 0.6 is 12.4 Å². The summed E-state index contributed by atoms with van der Waals surface area (Å²) in [6, 6.07) is -1.06. The Hall–Kier alpha value is 0.332. The van der Waals surface area contributed by atoms with Gasteiger partial charge in [0.25, 0.3) is 0 Å². The molecule has 0 aromatic heterocycles. The molecular formula is C32H66AlClN2Na2O8. The van der Waals surface area contributed by atoms with Crippen molar-refractivity contribution < 1.29 is 38.9 Å². The zero-order valence-electron chi connectivity index (χ0n) is 27.1. The van der Waals surface area contributed by atoms with E-state index in [2.05, 4.69) is 18.6 Å². The van der Waals surface area contributed by atoms with Crippen molar-refractivity contribution in [2.24, 2.45) is 5.73 Å². The molecule has 0 spiro atoms. The number of carboxylic acids is 2. The van der Waals surface area contributed by atoms with Crippen LogP contribution in [-0.4, -0.2) is 141 Å². The molecule has 0 aromatic carbocycles. The van der Waals surface area contributed by atoms with Crippen molar-refractivity contribution in [3.05, 3.63) is 0 Å². The molecule has 1 unspecified atom stereocenters. The van der Waals surface area contributed by atoms with Gasteiger partial charge >= 0.3 is 83.0 Å². The van der Waals surface area contributed by atoms with E-state index in [9.17, 15) is 24.0 Å². The van der Waals surface area contributed by atoms with E-state index in [1.165, 1.54) is 88.4 Å². The number of amides is 1. The van der Waals surface area contributed by atoms with Crippen molar-refractivity contribution in [2.75, 3.05) is 13.6 Å². The summed E-state index contributed by atoms with van der Waals surface area (Å²) in [5.74, 6) is -3.47. The molecule has 0 aromatic rings. The first-order chi connectivity index (χ1) is 20.0. The second-order valence-electron chi connectivity index (χ2n) is 11.1. The number of hydrogen-bond donors (Lipinski definition) is 3. The summed E-state index contributed by atoms with van der Waals surface area (Å²) >= 11 is 0. The Labute approximate surface area is 340 Å². The van der Waals surface area contributed by atoms with Gasteiger partial charge in [0, 0.05) is 26.3 Å². The van der Waals surface area contributed by atoms with Crippen LogP contribution in [0.15, 0.2) is 0 Å². The minimum absolute atomic E-state index is 0. The summed E-state index contributed by atoms with van der Waals surface area (Å²) in [6.07, 6.45) is 21.7. The van der Waals surface area contributed by atoms with E-state index < -0.39 is 29.9 Å². The van der Waals surface area contributed by atoms with Gasteiger partial charge in [-0.25, -0.2) is 4.79 Å². The number of unbranched alkanes of at least 4 members (excludes halogenated alkanes) is 16. The van der Waals surface area contributed by atoms with Crippen molar-refractivity contribution >= 4 is 119 Å². The molecule has 0 radical (unpaired) electrons. The summed E-state index contributed by atoms with van der Waals surface area (Å²) in [5, 5.41) is 17.1. The fraction of sp³-hybridized carbons (Fsp3) is 0.844. The average molecular weight is 715 g/mol. The third-order valence-corrected chi connectivity index (χ3v) is 6.96. The summed E-state index contributed by atoms with van der Waals surface area (Å²) in [5.41, 5.74) is 5.47. The first kappa shape index (κ1) is 58.5. The van der Waals surface area contributed by atoms with Crippen molar-refractivity contribution in [3.8, 4) is 0 Å². The molecule has 46 heavy (non-hydrogen) atoms. The van der Waals surface area contributed by atoms with Gasteiger partial charge < -0.3 is 25.6 Å². The van der Waals surface area contributed by atoms with E-state index in [0.717, 1.165) is 25.7 Å². The molecule has 0 bridgehead atoms. The first-order valence-electron chi connectivity index (χ1n) is 16.2. The normalized spacial score (nSPS) is 10.3. The maximum atomic E-state index is 11.5. The Morgan fingerprint density at radius 3 is 1.37 bits per heavy atom. The average Bonchev–Trinajstić information content (AvgIpc) is 2.93. The molecule has 0 fully saturated rings. The molecule has 4 N–H and O–H groups in total. The molecule has 0 saturated carbocycles. The van der Waals surface area contributed by atoms with Gasteiger partial charge in [-0.15, -0.1) is 12.4 Å². The third kappa shape index (κ3) is 44.3. The zero-order chi connectivity index (χ0) is 32.0. The van der Waals surface area contributed by atoms with Crippen LogP contribution in [0.2, 0.25) is 0 Å². The third-order valence-electron chi connectivity index (χ3n) is 6.96. The Kier molecular flexibility index (Phi) is 55.2. The van der Waals surface area contributed by atoms with Crippen LogP contribution < -0.4 is 5.73 Å². The summed E-state index contributed by atoms with van der Waals surface area (Å²) in [7, 11) is 1.55. The molecule has 0 rings (SSSR count). The Balaban J connectivity index is -0.000000162. The number of rotatable bonds is 26. The number of carboxylic acid groups (broad SMARTS) is 2. The second-order valence-corrected chi connectivity index (χ2v) is 11.1. The molecule has 0 aliphatic heterocycles. The molecule has 0 aliphatic rings. The monoisotopic (exact) mass is 714 g/mol. The number of esters is 2. The number of carbonyl (C=O) groups excluding carboxylic acids is 3. The van der Waals surface area contributed by atoms with Crippen molar-refractivity contribution in [3.63, 3.8) is 0 Å². The van der Waals surface area contributed by atoms with Gasteiger partial charge in [0.1, 0.15) is 12.6 Å². The molecule has 14 heteroatoms. The van der Waals surface area contributed by atoms with E-state index in [-0.39, 0.29) is 121 Å². The molecule has 0 aliphatic carbocycles. The number of nitrogens with zero attached hydrogens (tertiary/aromatic N) is 1. The Morgan fingerprint density at radius 1 is 0.630 bits per heavy atom. The van der Waals surface area contributed by atoms with E-state index in [0.29, 0.717) is 12.8 Å². The SMILES string of the molecule is CCCCCCCCCCCC(=O)N(C)CC(=O)O.CCCCCCCCCCCC(=O)OC(=O)C(N)CCC(=O)O.Cl.[AlH3].[NaH].[NaH]. The molecular weight excluding hydrogens is 649 g/mol. The van der Waals surface area contributed by atoms with Crippen LogP contribution in [0.4, 0.5) is 0 Å². The summed E-state index contributed by atoms with van der Waals surface area (Å²) in [6.45, 7) is 4.22. The number of nitrogens with two attached hydrogens (primary N) is 1. The summed E-state index contributed by atoms with van der Waals surface area (Å²) in [4.78, 5) is 56.6. The van der Waals surface area contributed by atoms with Crippen LogP contribution in [0.3, 0.4) is 0 Å². The van der Waals surface area contributed by atoms with Crippen LogP contribution in [-0.2, 0) is 28.7 Å². The molecule has 1 amide bonds. The molecule has 0 saturated heterocycles. The predicted molar refractivity (Wildman–Crippen MR) is 196 cm³/mol. The number of ether oxygens (including phenoxy) is 1. The second kappa shape index (κ2) is 43.4. The van der Waals surface area contributed by atoms with E-state index in [1.807, 2.05) is 0 Å². The Bertz CT molecular complexity index is 755. The maximum absolute atomic E-state index is 11.5.